The Hall–Kier alpha value is -2.83. The second-order valence-electron chi connectivity index (χ2n) is 5.01. The Bertz CT molecular complexity index is 862. The lowest BCUT2D eigenvalue weighted by molar-refractivity contribution is 0.565. The Balaban J connectivity index is 2.10. The lowest BCUT2D eigenvalue weighted by atomic mass is 10.1. The fraction of sp³-hybridized carbons (Fsp3) is 0.133. The van der Waals surface area contributed by atoms with Gasteiger partial charge in [0.15, 0.2) is 5.65 Å². The molecular weight excluding hydrogens is 288 g/mol. The summed E-state index contributed by atoms with van der Waals surface area (Å²) in [7, 11) is 0. The highest BCUT2D eigenvalue weighted by atomic mass is 19.1. The van der Waals surface area contributed by atoms with E-state index in [4.69, 9.17) is 11.1 Å². The number of nitrogens with two attached hydrogens (primary N) is 1. The predicted octanol–water partition coefficient (Wildman–Crippen LogP) is 2.19. The second-order valence-corrected chi connectivity index (χ2v) is 5.01. The van der Waals surface area contributed by atoms with Crippen molar-refractivity contribution in [1.29, 1.82) is 5.41 Å². The van der Waals surface area contributed by atoms with E-state index in [-0.39, 0.29) is 23.5 Å². The van der Waals surface area contributed by atoms with E-state index in [9.17, 15) is 8.78 Å². The van der Waals surface area contributed by atoms with Gasteiger partial charge in [-0.15, -0.1) is 0 Å². The van der Waals surface area contributed by atoms with Gasteiger partial charge in [-0.1, -0.05) is 0 Å². The summed E-state index contributed by atoms with van der Waals surface area (Å²) in [5.74, 6) is -1.38. The van der Waals surface area contributed by atoms with Crippen LogP contribution in [-0.4, -0.2) is 20.2 Å². The topological polar surface area (TPSA) is 80.1 Å². The Morgan fingerprint density at radius 2 is 2.00 bits per heavy atom. The largest absolute Gasteiger partial charge is 0.382 e. The molecule has 0 aliphatic rings. The second kappa shape index (κ2) is 5.18. The number of imidazole rings is 1. The van der Waals surface area contributed by atoms with Crippen LogP contribution in [0.3, 0.4) is 0 Å². The van der Waals surface area contributed by atoms with Gasteiger partial charge in [0.2, 0.25) is 0 Å². The van der Waals surface area contributed by atoms with Gasteiger partial charge in [0.1, 0.15) is 23.2 Å². The molecule has 0 unspecified atom stereocenters. The molecular formula is C15H13F2N5. The van der Waals surface area contributed by atoms with E-state index in [1.165, 1.54) is 19.1 Å². The first-order chi connectivity index (χ1) is 10.5. The van der Waals surface area contributed by atoms with Gasteiger partial charge in [-0.25, -0.2) is 18.7 Å². The number of fused-ring (bicyclic) bond motifs is 1. The first-order valence-corrected chi connectivity index (χ1v) is 6.57. The van der Waals surface area contributed by atoms with Crippen LogP contribution in [0.25, 0.3) is 5.65 Å². The van der Waals surface area contributed by atoms with Crippen molar-refractivity contribution >= 4 is 11.5 Å². The number of nitrogens with one attached hydrogen (secondary N) is 1. The smallest absolute Gasteiger partial charge is 0.158 e. The Kier molecular flexibility index (Phi) is 3.32. The minimum atomic E-state index is -0.600. The fourth-order valence-electron chi connectivity index (χ4n) is 2.24. The van der Waals surface area contributed by atoms with Crippen molar-refractivity contribution in [3.8, 4) is 0 Å². The van der Waals surface area contributed by atoms with Crippen LogP contribution in [-0.2, 0) is 6.42 Å². The minimum absolute atomic E-state index is 0.0137. The molecule has 0 aliphatic heterocycles. The lowest BCUT2D eigenvalue weighted by Crippen LogP contribution is -2.16. The van der Waals surface area contributed by atoms with E-state index >= 15 is 0 Å². The summed E-state index contributed by atoms with van der Waals surface area (Å²) in [6, 6.07) is 2.56. The third-order valence-corrected chi connectivity index (χ3v) is 3.43. The molecule has 2 heterocycles. The maximum absolute atomic E-state index is 13.7. The summed E-state index contributed by atoms with van der Waals surface area (Å²) in [5, 5.41) is 7.50. The quantitative estimate of drug-likeness (QED) is 0.575. The molecule has 0 atom stereocenters. The molecule has 3 N–H and O–H groups in total. The fourth-order valence-corrected chi connectivity index (χ4v) is 2.24. The highest BCUT2D eigenvalue weighted by Crippen LogP contribution is 2.18. The number of amidine groups is 1. The molecule has 0 spiro atoms. The van der Waals surface area contributed by atoms with Crippen molar-refractivity contribution in [3.63, 3.8) is 0 Å². The van der Waals surface area contributed by atoms with E-state index < -0.39 is 11.6 Å². The van der Waals surface area contributed by atoms with Gasteiger partial charge >= 0.3 is 0 Å². The van der Waals surface area contributed by atoms with E-state index in [0.717, 1.165) is 0 Å². The van der Waals surface area contributed by atoms with E-state index in [1.807, 2.05) is 0 Å². The van der Waals surface area contributed by atoms with Crippen LogP contribution in [0.15, 0.2) is 30.7 Å². The third kappa shape index (κ3) is 2.41. The SMILES string of the molecule is Cc1c(F)cc(Cc2nc(C(=N)N)cn3ccnc23)cc1F. The van der Waals surface area contributed by atoms with Crippen LogP contribution in [0.5, 0.6) is 0 Å². The minimum Gasteiger partial charge on any atom is -0.382 e. The molecule has 0 saturated heterocycles. The van der Waals surface area contributed by atoms with E-state index in [0.29, 0.717) is 16.9 Å². The zero-order valence-electron chi connectivity index (χ0n) is 11.8. The summed E-state index contributed by atoms with van der Waals surface area (Å²) >= 11 is 0. The zero-order valence-corrected chi connectivity index (χ0v) is 11.8. The van der Waals surface area contributed by atoms with E-state index in [1.54, 1.807) is 23.0 Å². The molecule has 0 fully saturated rings. The van der Waals surface area contributed by atoms with Gasteiger partial charge in [0.05, 0.1) is 5.69 Å². The van der Waals surface area contributed by atoms with Crippen LogP contribution >= 0.6 is 0 Å². The molecule has 7 heteroatoms. The van der Waals surface area contributed by atoms with Gasteiger partial charge in [0, 0.05) is 30.6 Å². The molecule has 0 amide bonds. The average Bonchev–Trinajstić information content (AvgIpc) is 2.93. The van der Waals surface area contributed by atoms with Crippen LogP contribution in [0.1, 0.15) is 22.5 Å². The average molecular weight is 301 g/mol. The van der Waals surface area contributed by atoms with Gasteiger partial charge in [-0.2, -0.15) is 0 Å². The molecule has 1 aromatic carbocycles. The van der Waals surface area contributed by atoms with Crippen molar-refractivity contribution < 1.29 is 8.78 Å². The molecule has 2 aromatic heterocycles. The molecule has 0 bridgehead atoms. The summed E-state index contributed by atoms with van der Waals surface area (Å²) in [6.45, 7) is 1.38. The predicted molar refractivity (Wildman–Crippen MR) is 77.9 cm³/mol. The maximum Gasteiger partial charge on any atom is 0.158 e. The molecule has 5 nitrogen and oxygen atoms in total. The summed E-state index contributed by atoms with van der Waals surface area (Å²) < 4.78 is 29.0. The number of nitrogens with zero attached hydrogens (tertiary/aromatic N) is 3. The first-order valence-electron chi connectivity index (χ1n) is 6.57. The number of halogens is 2. The number of hydrogen-bond acceptors (Lipinski definition) is 3. The Labute approximate surface area is 124 Å². The van der Waals surface area contributed by atoms with Gasteiger partial charge in [0.25, 0.3) is 0 Å². The molecule has 112 valence electrons. The normalized spacial score (nSPS) is 11.0. The van der Waals surface area contributed by atoms with Crippen molar-refractivity contribution in [2.75, 3.05) is 0 Å². The number of rotatable bonds is 3. The Morgan fingerprint density at radius 3 is 2.64 bits per heavy atom. The number of benzene rings is 1. The summed E-state index contributed by atoms with van der Waals surface area (Å²) in [5.41, 5.74) is 7.25. The lowest BCUT2D eigenvalue weighted by Gasteiger charge is -2.08. The molecule has 0 saturated carbocycles. The Morgan fingerprint density at radius 1 is 1.32 bits per heavy atom. The van der Waals surface area contributed by atoms with Crippen molar-refractivity contribution in [1.82, 2.24) is 14.4 Å². The highest BCUT2D eigenvalue weighted by molar-refractivity contribution is 5.93. The summed E-state index contributed by atoms with van der Waals surface area (Å²) in [6.07, 6.45) is 5.06. The number of nitrogen functional groups attached to an aromatic ring is 1. The van der Waals surface area contributed by atoms with Crippen LogP contribution in [0.2, 0.25) is 0 Å². The standard InChI is InChI=1S/C15H13F2N5/c1-8-10(16)4-9(5-11(8)17)6-12-15-20-2-3-22(15)7-13(21-12)14(18)19/h2-5,7H,6H2,1H3,(H3,18,19). The maximum atomic E-state index is 13.7. The first kappa shape index (κ1) is 14.1. The molecule has 0 aliphatic carbocycles. The number of hydrogen-bond donors (Lipinski definition) is 2. The molecule has 22 heavy (non-hydrogen) atoms. The van der Waals surface area contributed by atoms with Crippen LogP contribution < -0.4 is 5.73 Å². The van der Waals surface area contributed by atoms with Crippen molar-refractivity contribution in [2.45, 2.75) is 13.3 Å². The third-order valence-electron chi connectivity index (χ3n) is 3.43. The van der Waals surface area contributed by atoms with Gasteiger partial charge < -0.3 is 10.1 Å². The summed E-state index contributed by atoms with van der Waals surface area (Å²) in [4.78, 5) is 8.45. The number of aromatic nitrogens is 3. The molecule has 3 rings (SSSR count). The molecule has 0 radical (unpaired) electrons. The van der Waals surface area contributed by atoms with Crippen LogP contribution in [0, 0.1) is 24.0 Å². The monoisotopic (exact) mass is 301 g/mol. The van der Waals surface area contributed by atoms with Crippen molar-refractivity contribution in [2.24, 2.45) is 5.73 Å². The van der Waals surface area contributed by atoms with E-state index in [2.05, 4.69) is 9.97 Å². The van der Waals surface area contributed by atoms with Gasteiger partial charge in [-0.3, -0.25) is 5.41 Å². The highest BCUT2D eigenvalue weighted by Gasteiger charge is 2.13. The molecule has 3 aromatic rings. The zero-order chi connectivity index (χ0) is 15.9. The van der Waals surface area contributed by atoms with Crippen molar-refractivity contribution in [3.05, 3.63) is 64.9 Å². The van der Waals surface area contributed by atoms with Gasteiger partial charge in [-0.05, 0) is 24.6 Å². The van der Waals surface area contributed by atoms with Crippen LogP contribution in [0.4, 0.5) is 8.78 Å².